The van der Waals surface area contributed by atoms with Gasteiger partial charge in [0, 0.05) is 30.9 Å². The molecule has 9 nitrogen and oxygen atoms in total. The molecule has 3 aromatic rings. The van der Waals surface area contributed by atoms with Crippen LogP contribution in [0, 0.1) is 0 Å². The van der Waals surface area contributed by atoms with Crippen molar-refractivity contribution < 1.29 is 32.6 Å². The van der Waals surface area contributed by atoms with Gasteiger partial charge in [-0.25, -0.2) is 4.98 Å². The van der Waals surface area contributed by atoms with Crippen LogP contribution in [0.25, 0.3) is 11.3 Å². The van der Waals surface area contributed by atoms with E-state index >= 15 is 0 Å². The first kappa shape index (κ1) is 31.9. The summed E-state index contributed by atoms with van der Waals surface area (Å²) in [6.45, 7) is 4.03. The molecular weight excluding hydrogens is 563 g/mol. The molecule has 0 aliphatic rings. The van der Waals surface area contributed by atoms with Crippen LogP contribution in [0.5, 0.6) is 5.75 Å². The van der Waals surface area contributed by atoms with Gasteiger partial charge in [-0.1, -0.05) is 35.9 Å². The van der Waals surface area contributed by atoms with Crippen molar-refractivity contribution in [2.24, 2.45) is 12.8 Å². The zero-order valence-corrected chi connectivity index (χ0v) is 23.8. The lowest BCUT2D eigenvalue weighted by molar-refractivity contribution is -0.189. The van der Waals surface area contributed by atoms with Gasteiger partial charge in [-0.2, -0.15) is 13.2 Å². The molecule has 2 aromatic carbocycles. The number of aryl methyl sites for hydroxylation is 1. The van der Waals surface area contributed by atoms with E-state index in [0.717, 1.165) is 18.1 Å². The summed E-state index contributed by atoms with van der Waals surface area (Å²) in [5, 5.41) is 15.7. The molecule has 0 radical (unpaired) electrons. The number of hydrogen-bond donors (Lipinski definition) is 4. The molecule has 2 atom stereocenters. The molecule has 1 aromatic heterocycles. The number of aromatic nitrogens is 2. The monoisotopic (exact) mass is 595 g/mol. The number of benzene rings is 2. The van der Waals surface area contributed by atoms with E-state index in [9.17, 15) is 27.9 Å². The van der Waals surface area contributed by atoms with E-state index in [1.807, 2.05) is 30.5 Å². The Hall–Kier alpha value is -3.61. The lowest BCUT2D eigenvalue weighted by Crippen LogP contribution is -2.46. The van der Waals surface area contributed by atoms with E-state index in [-0.39, 0.29) is 29.4 Å². The number of imidazole rings is 1. The second-order valence-electron chi connectivity index (χ2n) is 10.1. The third-order valence-corrected chi connectivity index (χ3v) is 6.48. The van der Waals surface area contributed by atoms with Crippen LogP contribution in [-0.4, -0.2) is 57.9 Å². The third kappa shape index (κ3) is 8.69. The van der Waals surface area contributed by atoms with Crippen LogP contribution in [0.1, 0.15) is 42.5 Å². The molecule has 0 fully saturated rings. The SMILES string of the molecule is C[C@@H](Oc1ccc(C(=O)N[C@H](CNC(=O)CN)Cc2ccc(-c3cn(C)c(C(C)(C)O)n3)cc2)cc1Cl)C(F)(F)F. The van der Waals surface area contributed by atoms with Gasteiger partial charge in [0.2, 0.25) is 5.91 Å². The van der Waals surface area contributed by atoms with E-state index in [0.29, 0.717) is 17.9 Å². The third-order valence-electron chi connectivity index (χ3n) is 6.18. The van der Waals surface area contributed by atoms with E-state index in [2.05, 4.69) is 15.6 Å². The summed E-state index contributed by atoms with van der Waals surface area (Å²) < 4.78 is 45.2. The van der Waals surface area contributed by atoms with Crippen molar-refractivity contribution in [1.82, 2.24) is 20.2 Å². The van der Waals surface area contributed by atoms with Crippen LogP contribution >= 0.6 is 11.6 Å². The molecule has 0 bridgehead atoms. The zero-order valence-electron chi connectivity index (χ0n) is 23.1. The van der Waals surface area contributed by atoms with Gasteiger partial charge in [-0.05, 0) is 51.0 Å². The number of rotatable bonds is 11. The zero-order chi connectivity index (χ0) is 30.5. The van der Waals surface area contributed by atoms with Crippen molar-refractivity contribution in [2.45, 2.75) is 51.1 Å². The van der Waals surface area contributed by atoms with Crippen molar-refractivity contribution in [1.29, 1.82) is 0 Å². The maximum Gasteiger partial charge on any atom is 0.425 e. The molecular formula is C28H33ClF3N5O4. The van der Waals surface area contributed by atoms with Crippen LogP contribution in [0.4, 0.5) is 13.2 Å². The van der Waals surface area contributed by atoms with Gasteiger partial charge in [0.05, 0.1) is 23.3 Å². The molecule has 13 heteroatoms. The minimum Gasteiger partial charge on any atom is -0.480 e. The highest BCUT2D eigenvalue weighted by atomic mass is 35.5. The van der Waals surface area contributed by atoms with Gasteiger partial charge >= 0.3 is 6.18 Å². The molecule has 0 saturated carbocycles. The molecule has 0 aliphatic carbocycles. The standard InChI is InChI=1S/C28H33ClF3N5O4/c1-16(28(30,31)32)41-23-10-9-19(12-21(23)29)25(39)35-20(14-34-24(38)13-33)11-17-5-7-18(8-6-17)22-15-37(4)26(36-22)27(2,3)40/h5-10,12,15-16,20,40H,11,13-14,33H2,1-4H3,(H,34,38)(H,35,39)/t16-,20+/m1/s1. The normalized spacial score (nSPS) is 13.4. The van der Waals surface area contributed by atoms with Crippen LogP contribution in [-0.2, 0) is 23.9 Å². The predicted octanol–water partition coefficient (Wildman–Crippen LogP) is 3.71. The Labute approximate surface area is 240 Å². The second-order valence-corrected chi connectivity index (χ2v) is 10.6. The minimum atomic E-state index is -4.57. The van der Waals surface area contributed by atoms with E-state index in [1.165, 1.54) is 18.2 Å². The summed E-state index contributed by atoms with van der Waals surface area (Å²) in [6.07, 6.45) is -4.50. The van der Waals surface area contributed by atoms with Crippen LogP contribution < -0.4 is 21.1 Å². The largest absolute Gasteiger partial charge is 0.480 e. The maximum atomic E-state index is 13.0. The van der Waals surface area contributed by atoms with Crippen molar-refractivity contribution in [3.05, 3.63) is 70.6 Å². The molecule has 3 rings (SSSR count). The number of amides is 2. The number of ether oxygens (including phenoxy) is 1. The van der Waals surface area contributed by atoms with E-state index in [1.54, 1.807) is 25.5 Å². The quantitative estimate of drug-likeness (QED) is 0.267. The minimum absolute atomic E-state index is 0.0801. The first-order chi connectivity index (χ1) is 19.1. The number of aliphatic hydroxyl groups is 1. The average molecular weight is 596 g/mol. The lowest BCUT2D eigenvalue weighted by atomic mass is 10.0. The van der Waals surface area contributed by atoms with Crippen LogP contribution in [0.3, 0.4) is 0 Å². The lowest BCUT2D eigenvalue weighted by Gasteiger charge is -2.21. The fourth-order valence-corrected chi connectivity index (χ4v) is 4.24. The second kappa shape index (κ2) is 12.9. The Morgan fingerprint density at radius 2 is 1.83 bits per heavy atom. The summed E-state index contributed by atoms with van der Waals surface area (Å²) in [5.74, 6) is -0.633. The first-order valence-electron chi connectivity index (χ1n) is 12.7. The number of hydrogen-bond acceptors (Lipinski definition) is 6. The Bertz CT molecular complexity index is 1370. The molecule has 5 N–H and O–H groups in total. The molecule has 0 aliphatic heterocycles. The molecule has 2 amide bonds. The molecule has 222 valence electrons. The predicted molar refractivity (Wildman–Crippen MR) is 149 cm³/mol. The van der Waals surface area contributed by atoms with Crippen molar-refractivity contribution in [3.8, 4) is 17.0 Å². The number of nitrogens with one attached hydrogen (secondary N) is 2. The Balaban J connectivity index is 1.74. The average Bonchev–Trinajstić information content (AvgIpc) is 3.30. The first-order valence-corrected chi connectivity index (χ1v) is 13.1. The van der Waals surface area contributed by atoms with E-state index in [4.69, 9.17) is 22.1 Å². The molecule has 41 heavy (non-hydrogen) atoms. The van der Waals surface area contributed by atoms with Crippen molar-refractivity contribution in [3.63, 3.8) is 0 Å². The summed E-state index contributed by atoms with van der Waals surface area (Å²) >= 11 is 6.09. The Morgan fingerprint density at radius 3 is 2.37 bits per heavy atom. The summed E-state index contributed by atoms with van der Waals surface area (Å²) in [5.41, 5.74) is 6.75. The Kier molecular flexibility index (Phi) is 10.1. The summed E-state index contributed by atoms with van der Waals surface area (Å²) in [4.78, 5) is 29.3. The van der Waals surface area contributed by atoms with Gasteiger partial charge in [0.15, 0.2) is 6.10 Å². The van der Waals surface area contributed by atoms with Gasteiger partial charge in [0.1, 0.15) is 17.2 Å². The topological polar surface area (TPSA) is 132 Å². The highest BCUT2D eigenvalue weighted by molar-refractivity contribution is 6.32. The number of carbonyl (C=O) groups is 2. The summed E-state index contributed by atoms with van der Waals surface area (Å²) in [7, 11) is 1.80. The molecule has 0 spiro atoms. The fraction of sp³-hybridized carbons (Fsp3) is 0.393. The highest BCUT2D eigenvalue weighted by Gasteiger charge is 2.38. The van der Waals surface area contributed by atoms with Crippen LogP contribution in [0.2, 0.25) is 5.02 Å². The summed E-state index contributed by atoms with van der Waals surface area (Å²) in [6, 6.07) is 10.6. The highest BCUT2D eigenvalue weighted by Crippen LogP contribution is 2.31. The van der Waals surface area contributed by atoms with Gasteiger partial charge in [-0.15, -0.1) is 0 Å². The fourth-order valence-electron chi connectivity index (χ4n) is 4.02. The van der Waals surface area contributed by atoms with Gasteiger partial charge in [0.25, 0.3) is 5.91 Å². The number of nitrogens with two attached hydrogens (primary N) is 1. The van der Waals surface area contributed by atoms with Crippen LogP contribution in [0.15, 0.2) is 48.7 Å². The van der Waals surface area contributed by atoms with Crippen molar-refractivity contribution >= 4 is 23.4 Å². The maximum absolute atomic E-state index is 13.0. The van der Waals surface area contributed by atoms with Gasteiger partial charge in [-0.3, -0.25) is 9.59 Å². The smallest absolute Gasteiger partial charge is 0.425 e. The van der Waals surface area contributed by atoms with E-state index < -0.39 is 35.7 Å². The molecule has 0 saturated heterocycles. The van der Waals surface area contributed by atoms with Crippen molar-refractivity contribution in [2.75, 3.05) is 13.1 Å². The number of halogens is 4. The Morgan fingerprint density at radius 1 is 1.17 bits per heavy atom. The van der Waals surface area contributed by atoms with Gasteiger partial charge < -0.3 is 30.8 Å². The number of alkyl halides is 3. The molecule has 0 unspecified atom stereocenters. The molecule has 1 heterocycles. The number of carbonyl (C=O) groups excluding carboxylic acids is 2. The number of nitrogens with zero attached hydrogens (tertiary/aromatic N) is 2.